The van der Waals surface area contributed by atoms with Gasteiger partial charge in [0.25, 0.3) is 5.91 Å². The highest BCUT2D eigenvalue weighted by Gasteiger charge is 2.30. The topological polar surface area (TPSA) is 38.1 Å². The number of aromatic nitrogens is 2. The number of thioether (sulfide) groups is 1. The lowest BCUT2D eigenvalue weighted by atomic mass is 10.2. The van der Waals surface area contributed by atoms with E-state index in [-0.39, 0.29) is 5.91 Å². The van der Waals surface area contributed by atoms with Gasteiger partial charge >= 0.3 is 0 Å². The molecule has 0 bridgehead atoms. The molecule has 1 aliphatic rings. The van der Waals surface area contributed by atoms with Gasteiger partial charge in [-0.1, -0.05) is 36.1 Å². The van der Waals surface area contributed by atoms with Crippen LogP contribution in [0.5, 0.6) is 0 Å². The number of hydrogen-bond donors (Lipinski definition) is 0. The fraction of sp³-hybridized carbons (Fsp3) is 0.133. The first-order valence-corrected chi connectivity index (χ1v) is 7.75. The third-order valence-electron chi connectivity index (χ3n) is 3.18. The van der Waals surface area contributed by atoms with Crippen molar-refractivity contribution in [1.29, 1.82) is 0 Å². The van der Waals surface area contributed by atoms with Crippen molar-refractivity contribution >= 4 is 40.3 Å². The highest BCUT2D eigenvalue weighted by molar-refractivity contribution is 8.26. The van der Waals surface area contributed by atoms with Gasteiger partial charge in [-0.25, -0.2) is 4.98 Å². The fourth-order valence-electron chi connectivity index (χ4n) is 2.08. The van der Waals surface area contributed by atoms with Crippen LogP contribution in [0.25, 0.3) is 11.8 Å². The van der Waals surface area contributed by atoms with Crippen molar-refractivity contribution in [1.82, 2.24) is 14.5 Å². The molecular weight excluding hydrogens is 302 g/mol. The Hall–Kier alpha value is -1.92. The van der Waals surface area contributed by atoms with Crippen molar-refractivity contribution in [3.8, 4) is 5.69 Å². The van der Waals surface area contributed by atoms with Crippen LogP contribution in [0.4, 0.5) is 0 Å². The minimum absolute atomic E-state index is 0.00816. The van der Waals surface area contributed by atoms with Crippen LogP contribution in [0.1, 0.15) is 12.5 Å². The van der Waals surface area contributed by atoms with Crippen molar-refractivity contribution < 1.29 is 4.79 Å². The first-order chi connectivity index (χ1) is 10.2. The molecule has 1 aromatic carbocycles. The van der Waals surface area contributed by atoms with Crippen molar-refractivity contribution in [2.24, 2.45) is 0 Å². The molecule has 0 saturated carbocycles. The Morgan fingerprint density at radius 3 is 2.67 bits per heavy atom. The molecule has 3 rings (SSSR count). The Morgan fingerprint density at radius 2 is 2.10 bits per heavy atom. The van der Waals surface area contributed by atoms with Crippen molar-refractivity contribution in [3.05, 3.63) is 53.5 Å². The van der Waals surface area contributed by atoms with Gasteiger partial charge in [-0.3, -0.25) is 9.69 Å². The summed E-state index contributed by atoms with van der Waals surface area (Å²) >= 11 is 6.56. The molecule has 1 amide bonds. The number of rotatable bonds is 3. The fourth-order valence-corrected chi connectivity index (χ4v) is 3.46. The quantitative estimate of drug-likeness (QED) is 0.644. The average Bonchev–Trinajstić information content (AvgIpc) is 3.10. The van der Waals surface area contributed by atoms with E-state index in [0.29, 0.717) is 15.8 Å². The normalized spacial score (nSPS) is 17.0. The maximum absolute atomic E-state index is 12.1. The summed E-state index contributed by atoms with van der Waals surface area (Å²) in [6, 6.07) is 7.95. The van der Waals surface area contributed by atoms with E-state index in [9.17, 15) is 4.79 Å². The molecule has 1 aromatic heterocycles. The zero-order chi connectivity index (χ0) is 14.8. The summed E-state index contributed by atoms with van der Waals surface area (Å²) in [5.74, 6) is -0.00816. The van der Waals surface area contributed by atoms with E-state index < -0.39 is 0 Å². The second kappa shape index (κ2) is 5.83. The summed E-state index contributed by atoms with van der Waals surface area (Å²) in [6.45, 7) is 2.54. The first kappa shape index (κ1) is 14.0. The molecule has 1 aliphatic heterocycles. The van der Waals surface area contributed by atoms with E-state index in [2.05, 4.69) is 4.98 Å². The summed E-state index contributed by atoms with van der Waals surface area (Å²) in [7, 11) is 0. The van der Waals surface area contributed by atoms with Gasteiger partial charge in [0.1, 0.15) is 4.32 Å². The molecule has 1 fully saturated rings. The molecule has 6 heteroatoms. The average molecular weight is 315 g/mol. The van der Waals surface area contributed by atoms with Crippen LogP contribution >= 0.6 is 24.0 Å². The monoisotopic (exact) mass is 315 g/mol. The number of amides is 1. The number of carbonyl (C=O) groups excluding carboxylic acids is 1. The third kappa shape index (κ3) is 2.77. The molecule has 21 heavy (non-hydrogen) atoms. The molecule has 1 saturated heterocycles. The van der Waals surface area contributed by atoms with Gasteiger partial charge in [-0.05, 0) is 30.7 Å². The molecule has 0 spiro atoms. The van der Waals surface area contributed by atoms with Crippen LogP contribution in [-0.4, -0.2) is 31.2 Å². The number of benzene rings is 1. The summed E-state index contributed by atoms with van der Waals surface area (Å²) in [6.07, 6.45) is 7.26. The number of likely N-dealkylation sites (N-methyl/N-ethyl adjacent to an activating group) is 1. The van der Waals surface area contributed by atoms with Crippen LogP contribution in [0, 0.1) is 0 Å². The number of hydrogen-bond acceptors (Lipinski definition) is 4. The molecule has 0 unspecified atom stereocenters. The van der Waals surface area contributed by atoms with E-state index in [1.54, 1.807) is 17.4 Å². The van der Waals surface area contributed by atoms with E-state index in [1.165, 1.54) is 11.8 Å². The number of carbonyl (C=O) groups is 1. The second-order valence-electron chi connectivity index (χ2n) is 4.49. The summed E-state index contributed by atoms with van der Waals surface area (Å²) in [5.41, 5.74) is 2.02. The van der Waals surface area contributed by atoms with Gasteiger partial charge in [0.15, 0.2) is 0 Å². The summed E-state index contributed by atoms with van der Waals surface area (Å²) in [5, 5.41) is 0. The predicted molar refractivity (Wildman–Crippen MR) is 89.1 cm³/mol. The van der Waals surface area contributed by atoms with E-state index in [4.69, 9.17) is 12.2 Å². The van der Waals surface area contributed by atoms with Crippen LogP contribution in [0.3, 0.4) is 0 Å². The molecule has 0 radical (unpaired) electrons. The number of thiocarbonyl (C=S) groups is 1. The van der Waals surface area contributed by atoms with Crippen LogP contribution in [-0.2, 0) is 4.79 Å². The largest absolute Gasteiger partial charge is 0.306 e. The Balaban J connectivity index is 1.84. The number of nitrogens with zero attached hydrogens (tertiary/aromatic N) is 3. The minimum atomic E-state index is -0.00816. The maximum atomic E-state index is 12.1. The molecule has 0 atom stereocenters. The van der Waals surface area contributed by atoms with Gasteiger partial charge in [0, 0.05) is 24.6 Å². The third-order valence-corrected chi connectivity index (χ3v) is 4.56. The van der Waals surface area contributed by atoms with Gasteiger partial charge in [0.2, 0.25) is 0 Å². The first-order valence-electron chi connectivity index (χ1n) is 6.53. The van der Waals surface area contributed by atoms with Gasteiger partial charge in [-0.2, -0.15) is 0 Å². The maximum Gasteiger partial charge on any atom is 0.266 e. The second-order valence-corrected chi connectivity index (χ2v) is 6.16. The van der Waals surface area contributed by atoms with E-state index >= 15 is 0 Å². The standard InChI is InChI=1S/C15H13N3OS2/c1-2-18-14(19)13(21-15(18)20)9-11-3-5-12(6-4-11)17-8-7-16-10-17/h3-10H,2H2,1H3. The van der Waals surface area contributed by atoms with Crippen LogP contribution in [0.2, 0.25) is 0 Å². The lowest BCUT2D eigenvalue weighted by Crippen LogP contribution is -2.27. The van der Waals surface area contributed by atoms with Crippen molar-refractivity contribution in [2.75, 3.05) is 6.54 Å². The Kier molecular flexibility index (Phi) is 3.90. The van der Waals surface area contributed by atoms with Crippen LogP contribution in [0.15, 0.2) is 47.9 Å². The molecular formula is C15H13N3OS2. The van der Waals surface area contributed by atoms with Gasteiger partial charge in [0.05, 0.1) is 11.2 Å². The minimum Gasteiger partial charge on any atom is -0.306 e. The lowest BCUT2D eigenvalue weighted by molar-refractivity contribution is -0.121. The van der Waals surface area contributed by atoms with Gasteiger partial charge < -0.3 is 4.57 Å². The van der Waals surface area contributed by atoms with E-state index in [1.807, 2.05) is 48.0 Å². The Morgan fingerprint density at radius 1 is 1.33 bits per heavy atom. The molecule has 106 valence electrons. The predicted octanol–water partition coefficient (Wildman–Crippen LogP) is 3.09. The molecule has 2 aromatic rings. The zero-order valence-corrected chi connectivity index (χ0v) is 13.0. The highest BCUT2D eigenvalue weighted by atomic mass is 32.2. The van der Waals surface area contributed by atoms with Crippen molar-refractivity contribution in [2.45, 2.75) is 6.92 Å². The molecule has 4 nitrogen and oxygen atoms in total. The lowest BCUT2D eigenvalue weighted by Gasteiger charge is -2.09. The summed E-state index contributed by atoms with van der Waals surface area (Å²) < 4.78 is 2.56. The molecule has 0 N–H and O–H groups in total. The molecule has 0 aliphatic carbocycles. The van der Waals surface area contributed by atoms with Gasteiger partial charge in [-0.15, -0.1) is 0 Å². The molecule has 2 heterocycles. The number of imidazole rings is 1. The summed E-state index contributed by atoms with van der Waals surface area (Å²) in [4.78, 5) is 18.5. The Labute approximate surface area is 132 Å². The Bertz CT molecular complexity index is 705. The highest BCUT2D eigenvalue weighted by Crippen LogP contribution is 2.32. The zero-order valence-electron chi connectivity index (χ0n) is 11.4. The van der Waals surface area contributed by atoms with Crippen LogP contribution < -0.4 is 0 Å². The van der Waals surface area contributed by atoms with E-state index in [0.717, 1.165) is 11.3 Å². The SMILES string of the molecule is CCN1C(=O)C(=Cc2ccc(-n3ccnc3)cc2)SC1=S. The van der Waals surface area contributed by atoms with Crippen molar-refractivity contribution in [3.63, 3.8) is 0 Å². The smallest absolute Gasteiger partial charge is 0.266 e.